The van der Waals surface area contributed by atoms with Crippen molar-refractivity contribution in [2.45, 2.75) is 71.8 Å². The first kappa shape index (κ1) is 30.8. The third-order valence-electron chi connectivity index (χ3n) is 7.42. The monoisotopic (exact) mass is 548 g/mol. The van der Waals surface area contributed by atoms with Gasteiger partial charge in [-0.2, -0.15) is 0 Å². The smallest absolute Gasteiger partial charge is 0.343 e. The summed E-state index contributed by atoms with van der Waals surface area (Å²) in [5.41, 5.74) is 1.25. The van der Waals surface area contributed by atoms with Gasteiger partial charge in [-0.05, 0) is 86.3 Å². The van der Waals surface area contributed by atoms with Gasteiger partial charge in [0.2, 0.25) is 0 Å². The highest BCUT2D eigenvalue weighted by Crippen LogP contribution is 2.35. The van der Waals surface area contributed by atoms with Crippen molar-refractivity contribution in [2.75, 3.05) is 6.61 Å². The fraction of sp³-hybridized carbons (Fsp3) is 0.455. The summed E-state index contributed by atoms with van der Waals surface area (Å²) in [6.07, 6.45) is 6.62. The molecular formula is C33H40O7. The van der Waals surface area contributed by atoms with Crippen molar-refractivity contribution < 1.29 is 33.4 Å². The number of hydrogen-bond donors (Lipinski definition) is 0. The Bertz CT molecular complexity index is 1160. The van der Waals surface area contributed by atoms with E-state index < -0.39 is 11.9 Å². The number of carbonyl (C=O) groups excluding carboxylic acids is 4. The highest BCUT2D eigenvalue weighted by Gasteiger charge is 2.33. The number of ketones is 1. The molecule has 3 atom stereocenters. The molecule has 1 saturated carbocycles. The molecule has 1 fully saturated rings. The molecule has 7 nitrogen and oxygen atoms in total. The maximum atomic E-state index is 12.8. The van der Waals surface area contributed by atoms with Gasteiger partial charge in [0.25, 0.3) is 0 Å². The van der Waals surface area contributed by atoms with E-state index in [9.17, 15) is 19.2 Å². The first-order valence-electron chi connectivity index (χ1n) is 14.1. The van der Waals surface area contributed by atoms with Gasteiger partial charge in [0.05, 0.1) is 17.7 Å². The van der Waals surface area contributed by atoms with Crippen molar-refractivity contribution in [3.05, 3.63) is 77.9 Å². The van der Waals surface area contributed by atoms with Crippen LogP contribution in [0.2, 0.25) is 0 Å². The number of hydrogen-bond acceptors (Lipinski definition) is 7. The summed E-state index contributed by atoms with van der Waals surface area (Å²) in [4.78, 5) is 48.8. The lowest BCUT2D eigenvalue weighted by molar-refractivity contribution is -0.137. The summed E-state index contributed by atoms with van der Waals surface area (Å²) >= 11 is 0. The maximum Gasteiger partial charge on any atom is 0.343 e. The van der Waals surface area contributed by atoms with Crippen molar-refractivity contribution in [1.82, 2.24) is 0 Å². The second-order valence-corrected chi connectivity index (χ2v) is 10.9. The van der Waals surface area contributed by atoms with E-state index in [0.717, 1.165) is 31.8 Å². The zero-order valence-corrected chi connectivity index (χ0v) is 23.7. The molecule has 0 aliphatic heterocycles. The average Bonchev–Trinajstić information content (AvgIpc) is 2.94. The van der Waals surface area contributed by atoms with Gasteiger partial charge in [-0.3, -0.25) is 4.79 Å². The van der Waals surface area contributed by atoms with E-state index in [0.29, 0.717) is 66.1 Å². The number of benzene rings is 2. The minimum absolute atomic E-state index is 0.0205. The Hall–Kier alpha value is -3.74. The van der Waals surface area contributed by atoms with Crippen LogP contribution in [0.15, 0.2) is 61.2 Å². The molecular weight excluding hydrogens is 508 g/mol. The largest absolute Gasteiger partial charge is 0.463 e. The number of unbranched alkanes of at least 4 members (excludes halogenated alkanes) is 2. The van der Waals surface area contributed by atoms with Crippen molar-refractivity contribution in [3.8, 4) is 5.75 Å². The molecule has 3 rings (SSSR count). The second kappa shape index (κ2) is 15.2. The van der Waals surface area contributed by atoms with Gasteiger partial charge in [0.1, 0.15) is 11.9 Å². The van der Waals surface area contributed by atoms with Gasteiger partial charge in [0, 0.05) is 18.1 Å². The first-order chi connectivity index (χ1) is 19.2. The predicted octanol–water partition coefficient (Wildman–Crippen LogP) is 7.00. The Labute approximate surface area is 236 Å². The quantitative estimate of drug-likeness (QED) is 0.0874. The lowest BCUT2D eigenvalue weighted by Crippen LogP contribution is -2.35. The number of esters is 3. The van der Waals surface area contributed by atoms with Crippen LogP contribution >= 0.6 is 0 Å². The third kappa shape index (κ3) is 9.18. The molecule has 2 aromatic rings. The molecule has 0 amide bonds. The molecule has 0 radical (unpaired) electrons. The summed E-state index contributed by atoms with van der Waals surface area (Å²) in [7, 11) is 0. The minimum Gasteiger partial charge on any atom is -0.463 e. The fourth-order valence-corrected chi connectivity index (χ4v) is 5.01. The highest BCUT2D eigenvalue weighted by atomic mass is 16.5. The van der Waals surface area contributed by atoms with Gasteiger partial charge in [0.15, 0.2) is 5.78 Å². The molecule has 0 spiro atoms. The van der Waals surface area contributed by atoms with Crippen LogP contribution in [-0.4, -0.2) is 36.4 Å². The third-order valence-corrected chi connectivity index (χ3v) is 7.42. The normalized spacial score (nSPS) is 18.6. The minimum atomic E-state index is -0.556. The lowest BCUT2D eigenvalue weighted by atomic mass is 9.75. The maximum absolute atomic E-state index is 12.8. The van der Waals surface area contributed by atoms with Crippen LogP contribution in [0.3, 0.4) is 0 Å². The van der Waals surface area contributed by atoms with E-state index in [4.69, 9.17) is 14.2 Å². The summed E-state index contributed by atoms with van der Waals surface area (Å²) in [6, 6.07) is 12.7. The van der Waals surface area contributed by atoms with Crippen LogP contribution in [0, 0.1) is 17.8 Å². The van der Waals surface area contributed by atoms with E-state index in [-0.39, 0.29) is 17.9 Å². The Morgan fingerprint density at radius 1 is 0.875 bits per heavy atom. The molecule has 0 unspecified atom stereocenters. The topological polar surface area (TPSA) is 96.0 Å². The van der Waals surface area contributed by atoms with Crippen molar-refractivity contribution in [1.29, 1.82) is 0 Å². The summed E-state index contributed by atoms with van der Waals surface area (Å²) in [6.45, 7) is 10.2. The molecule has 7 heteroatoms. The van der Waals surface area contributed by atoms with Crippen molar-refractivity contribution >= 4 is 23.7 Å². The van der Waals surface area contributed by atoms with E-state index in [2.05, 4.69) is 27.4 Å². The molecule has 214 valence electrons. The fourth-order valence-electron chi connectivity index (χ4n) is 5.01. The molecule has 0 aromatic heterocycles. The number of ether oxygens (including phenoxy) is 3. The van der Waals surface area contributed by atoms with E-state index in [1.807, 2.05) is 0 Å². The summed E-state index contributed by atoms with van der Waals surface area (Å²) in [5, 5.41) is 0. The van der Waals surface area contributed by atoms with E-state index in [1.54, 1.807) is 48.5 Å². The van der Waals surface area contributed by atoms with E-state index in [1.165, 1.54) is 0 Å². The van der Waals surface area contributed by atoms with Crippen molar-refractivity contribution in [3.63, 3.8) is 0 Å². The zero-order chi connectivity index (χ0) is 29.1. The zero-order valence-electron chi connectivity index (χ0n) is 23.7. The summed E-state index contributed by atoms with van der Waals surface area (Å²) < 4.78 is 16.3. The van der Waals surface area contributed by atoms with Crippen LogP contribution in [0.5, 0.6) is 5.75 Å². The van der Waals surface area contributed by atoms with Gasteiger partial charge >= 0.3 is 17.9 Å². The van der Waals surface area contributed by atoms with Gasteiger partial charge in [-0.1, -0.05) is 45.9 Å². The molecule has 40 heavy (non-hydrogen) atoms. The van der Waals surface area contributed by atoms with Gasteiger partial charge < -0.3 is 14.2 Å². The average molecular weight is 549 g/mol. The van der Waals surface area contributed by atoms with Crippen LogP contribution in [-0.2, 0) is 14.3 Å². The second-order valence-electron chi connectivity index (χ2n) is 10.9. The number of rotatable bonds is 13. The van der Waals surface area contributed by atoms with Crippen LogP contribution in [0.25, 0.3) is 0 Å². The van der Waals surface area contributed by atoms with Crippen LogP contribution in [0.4, 0.5) is 0 Å². The Balaban J connectivity index is 1.46. The van der Waals surface area contributed by atoms with Gasteiger partial charge in [-0.15, -0.1) is 0 Å². The lowest BCUT2D eigenvalue weighted by Gasteiger charge is -2.36. The number of Topliss-reactive ketones (excluding diaryl/α,β-unsaturated/α-hetero) is 1. The number of carbonyl (C=O) groups is 4. The summed E-state index contributed by atoms with van der Waals surface area (Å²) in [5.74, 6) is 0.275. The molecule has 0 heterocycles. The SMILES string of the molecule is C=CC(=O)OCCCCCC(=O)c1ccc(C(=O)Oc2ccc(C(=O)O[C@@H]3C[C@H](C)CC[C@H]3C(C)C)cc2)cc1. The predicted molar refractivity (Wildman–Crippen MR) is 152 cm³/mol. The first-order valence-corrected chi connectivity index (χ1v) is 14.1. The standard InChI is InChI=1S/C33H40O7/c1-5-31(35)38-20-8-6-7-9-29(34)24-11-13-25(14-12-24)32(36)39-27-17-15-26(16-18-27)33(37)40-30-21-23(4)10-19-28(30)22(2)3/h5,11-18,22-23,28,30H,1,6-10,19-21H2,2-4H3/t23-,28+,30-/m1/s1. The molecule has 2 aromatic carbocycles. The molecule has 0 bridgehead atoms. The molecule has 1 aliphatic carbocycles. The Morgan fingerprint density at radius 3 is 2.15 bits per heavy atom. The molecule has 0 saturated heterocycles. The Kier molecular flexibility index (Phi) is 11.7. The highest BCUT2D eigenvalue weighted by molar-refractivity contribution is 5.98. The molecule has 1 aliphatic rings. The Morgan fingerprint density at radius 2 is 1.50 bits per heavy atom. The van der Waals surface area contributed by atoms with E-state index >= 15 is 0 Å². The molecule has 0 N–H and O–H groups in total. The van der Waals surface area contributed by atoms with Crippen molar-refractivity contribution in [2.24, 2.45) is 17.8 Å². The van der Waals surface area contributed by atoms with Crippen LogP contribution < -0.4 is 4.74 Å². The van der Waals surface area contributed by atoms with Crippen LogP contribution in [0.1, 0.15) is 96.8 Å². The van der Waals surface area contributed by atoms with Gasteiger partial charge in [-0.25, -0.2) is 14.4 Å².